The Balaban J connectivity index is 1.84. The van der Waals surface area contributed by atoms with Gasteiger partial charge in [-0.2, -0.15) is 0 Å². The van der Waals surface area contributed by atoms with Gasteiger partial charge in [0, 0.05) is 24.5 Å². The van der Waals surface area contributed by atoms with Gasteiger partial charge >= 0.3 is 0 Å². The largest absolute Gasteiger partial charge is 0.321 e. The van der Waals surface area contributed by atoms with Crippen LogP contribution in [0.3, 0.4) is 0 Å². The van der Waals surface area contributed by atoms with Gasteiger partial charge in [0.15, 0.2) is 0 Å². The SMILES string of the molecule is O=C1CS[C@@H](c2cccnc2)N1Cc1ccc(Cl)c(Cl)c1. The van der Waals surface area contributed by atoms with Crippen molar-refractivity contribution < 1.29 is 4.79 Å². The van der Waals surface area contributed by atoms with Crippen LogP contribution in [0.15, 0.2) is 42.7 Å². The number of nitrogens with zero attached hydrogens (tertiary/aromatic N) is 2. The molecule has 1 atom stereocenters. The molecule has 0 bridgehead atoms. The van der Waals surface area contributed by atoms with Crippen LogP contribution in [0.1, 0.15) is 16.5 Å². The minimum atomic E-state index is 0.000605. The van der Waals surface area contributed by atoms with Gasteiger partial charge in [-0.05, 0) is 23.8 Å². The topological polar surface area (TPSA) is 33.2 Å². The van der Waals surface area contributed by atoms with E-state index in [-0.39, 0.29) is 11.3 Å². The third-order valence-electron chi connectivity index (χ3n) is 3.27. The van der Waals surface area contributed by atoms with Crippen LogP contribution in [0.4, 0.5) is 0 Å². The van der Waals surface area contributed by atoms with Gasteiger partial charge in [-0.25, -0.2) is 0 Å². The lowest BCUT2D eigenvalue weighted by Crippen LogP contribution is -2.27. The van der Waals surface area contributed by atoms with E-state index in [9.17, 15) is 4.79 Å². The first kappa shape index (κ1) is 14.7. The van der Waals surface area contributed by atoms with Gasteiger partial charge < -0.3 is 4.90 Å². The number of aromatic nitrogens is 1. The van der Waals surface area contributed by atoms with Crippen LogP contribution in [0.5, 0.6) is 0 Å². The third-order valence-corrected chi connectivity index (χ3v) is 5.27. The molecule has 1 aliphatic heterocycles. The van der Waals surface area contributed by atoms with Crippen molar-refractivity contribution >= 4 is 40.9 Å². The Bertz CT molecular complexity index is 666. The van der Waals surface area contributed by atoms with Crippen molar-refractivity contribution in [3.05, 3.63) is 63.9 Å². The van der Waals surface area contributed by atoms with Crippen LogP contribution in [0, 0.1) is 0 Å². The summed E-state index contributed by atoms with van der Waals surface area (Å²) in [5, 5.41) is 1.03. The van der Waals surface area contributed by atoms with E-state index >= 15 is 0 Å². The van der Waals surface area contributed by atoms with Gasteiger partial charge in [0.1, 0.15) is 5.37 Å². The number of rotatable bonds is 3. The van der Waals surface area contributed by atoms with E-state index in [1.54, 1.807) is 36.3 Å². The fraction of sp³-hybridized carbons (Fsp3) is 0.200. The number of amides is 1. The summed E-state index contributed by atoms with van der Waals surface area (Å²) in [6.07, 6.45) is 3.53. The molecule has 1 fully saturated rings. The minimum absolute atomic E-state index is 0.000605. The molecule has 0 spiro atoms. The number of carbonyl (C=O) groups is 1. The van der Waals surface area contributed by atoms with Crippen LogP contribution >= 0.6 is 35.0 Å². The van der Waals surface area contributed by atoms with E-state index < -0.39 is 0 Å². The molecule has 0 saturated carbocycles. The molecule has 0 aliphatic carbocycles. The maximum Gasteiger partial charge on any atom is 0.234 e. The second kappa shape index (κ2) is 6.26. The molecule has 1 aliphatic rings. The number of benzene rings is 1. The minimum Gasteiger partial charge on any atom is -0.321 e. The van der Waals surface area contributed by atoms with Gasteiger partial charge in [-0.1, -0.05) is 35.3 Å². The quantitative estimate of drug-likeness (QED) is 0.842. The average Bonchev–Trinajstić information content (AvgIpc) is 2.85. The first-order valence-corrected chi connectivity index (χ1v) is 8.20. The van der Waals surface area contributed by atoms with E-state index in [2.05, 4.69) is 4.98 Å². The van der Waals surface area contributed by atoms with Gasteiger partial charge in [0.05, 0.1) is 15.8 Å². The Morgan fingerprint density at radius 3 is 2.86 bits per heavy atom. The van der Waals surface area contributed by atoms with Crippen molar-refractivity contribution in [2.75, 3.05) is 5.75 Å². The fourth-order valence-corrected chi connectivity index (χ4v) is 3.75. The van der Waals surface area contributed by atoms with E-state index in [1.165, 1.54) is 0 Å². The molecular weight excluding hydrogens is 327 g/mol. The normalized spacial score (nSPS) is 18.3. The Morgan fingerprint density at radius 1 is 1.29 bits per heavy atom. The van der Waals surface area contributed by atoms with E-state index in [0.29, 0.717) is 22.3 Å². The molecule has 1 aromatic carbocycles. The molecule has 3 rings (SSSR count). The summed E-state index contributed by atoms with van der Waals surface area (Å²) in [7, 11) is 0. The maximum atomic E-state index is 12.1. The predicted molar refractivity (Wildman–Crippen MR) is 86.4 cm³/mol. The van der Waals surface area contributed by atoms with E-state index in [0.717, 1.165) is 11.1 Å². The Kier molecular flexibility index (Phi) is 4.38. The van der Waals surface area contributed by atoms with Crippen LogP contribution in [0.25, 0.3) is 0 Å². The highest BCUT2D eigenvalue weighted by molar-refractivity contribution is 8.00. The molecule has 6 heteroatoms. The Morgan fingerprint density at radius 2 is 2.14 bits per heavy atom. The van der Waals surface area contributed by atoms with Crippen LogP contribution < -0.4 is 0 Å². The van der Waals surface area contributed by atoms with Crippen LogP contribution in [-0.2, 0) is 11.3 Å². The van der Waals surface area contributed by atoms with Crippen LogP contribution in [-0.4, -0.2) is 21.5 Å². The molecule has 0 N–H and O–H groups in total. The highest BCUT2D eigenvalue weighted by Crippen LogP contribution is 2.39. The summed E-state index contributed by atoms with van der Waals surface area (Å²) >= 11 is 13.6. The zero-order valence-corrected chi connectivity index (χ0v) is 13.3. The summed E-state index contributed by atoms with van der Waals surface area (Å²) < 4.78 is 0. The molecule has 0 radical (unpaired) electrons. The number of carbonyl (C=O) groups excluding carboxylic acids is 1. The first-order valence-electron chi connectivity index (χ1n) is 6.40. The molecule has 1 aromatic heterocycles. The smallest absolute Gasteiger partial charge is 0.234 e. The van der Waals surface area contributed by atoms with Gasteiger partial charge in [-0.3, -0.25) is 9.78 Å². The molecule has 0 unspecified atom stereocenters. The van der Waals surface area contributed by atoms with E-state index in [1.807, 2.05) is 23.1 Å². The lowest BCUT2D eigenvalue weighted by atomic mass is 10.2. The summed E-state index contributed by atoms with van der Waals surface area (Å²) in [4.78, 5) is 18.1. The Labute approximate surface area is 137 Å². The number of hydrogen-bond donors (Lipinski definition) is 0. The fourth-order valence-electron chi connectivity index (χ4n) is 2.26. The molecule has 108 valence electrons. The molecule has 2 heterocycles. The number of hydrogen-bond acceptors (Lipinski definition) is 3. The summed E-state index contributed by atoms with van der Waals surface area (Å²) in [6, 6.07) is 9.33. The number of thioether (sulfide) groups is 1. The molecule has 1 saturated heterocycles. The number of halogens is 2. The molecule has 1 amide bonds. The van der Waals surface area contributed by atoms with Crippen molar-refractivity contribution in [2.24, 2.45) is 0 Å². The highest BCUT2D eigenvalue weighted by atomic mass is 35.5. The van der Waals surface area contributed by atoms with Crippen molar-refractivity contribution in [1.29, 1.82) is 0 Å². The summed E-state index contributed by atoms with van der Waals surface area (Å²) in [5.74, 6) is 0.612. The van der Waals surface area contributed by atoms with Gasteiger partial charge in [-0.15, -0.1) is 11.8 Å². The lowest BCUT2D eigenvalue weighted by molar-refractivity contribution is -0.128. The average molecular weight is 339 g/mol. The summed E-state index contributed by atoms with van der Waals surface area (Å²) in [5.41, 5.74) is 2.00. The molecule has 3 nitrogen and oxygen atoms in total. The lowest BCUT2D eigenvalue weighted by Gasteiger charge is -2.24. The third kappa shape index (κ3) is 3.18. The first-order chi connectivity index (χ1) is 10.1. The van der Waals surface area contributed by atoms with Crippen LogP contribution in [0.2, 0.25) is 10.0 Å². The predicted octanol–water partition coefficient (Wildman–Crippen LogP) is 4.16. The second-order valence-corrected chi connectivity index (χ2v) is 6.60. The van der Waals surface area contributed by atoms with Crippen molar-refractivity contribution in [3.8, 4) is 0 Å². The molecular formula is C15H12Cl2N2OS. The second-order valence-electron chi connectivity index (χ2n) is 4.72. The van der Waals surface area contributed by atoms with Gasteiger partial charge in [0.2, 0.25) is 5.91 Å². The van der Waals surface area contributed by atoms with Crippen molar-refractivity contribution in [1.82, 2.24) is 9.88 Å². The van der Waals surface area contributed by atoms with Gasteiger partial charge in [0.25, 0.3) is 0 Å². The van der Waals surface area contributed by atoms with Crippen molar-refractivity contribution in [2.45, 2.75) is 11.9 Å². The standard InChI is InChI=1S/C15H12Cl2N2OS/c16-12-4-3-10(6-13(12)17)8-19-14(20)9-21-15(19)11-2-1-5-18-7-11/h1-7,15H,8-9H2/t15-/m0/s1. The monoisotopic (exact) mass is 338 g/mol. The zero-order chi connectivity index (χ0) is 14.8. The van der Waals surface area contributed by atoms with Crippen molar-refractivity contribution in [3.63, 3.8) is 0 Å². The summed E-state index contributed by atoms with van der Waals surface area (Å²) in [6.45, 7) is 0.516. The maximum absolute atomic E-state index is 12.1. The number of pyridine rings is 1. The van der Waals surface area contributed by atoms with E-state index in [4.69, 9.17) is 23.2 Å². The molecule has 2 aromatic rings. The Hall–Kier alpha value is -1.23. The highest BCUT2D eigenvalue weighted by Gasteiger charge is 2.32. The zero-order valence-electron chi connectivity index (χ0n) is 11.0. The molecule has 21 heavy (non-hydrogen) atoms.